The first-order valence-electron chi connectivity index (χ1n) is 8.99. The second-order valence-electron chi connectivity index (χ2n) is 6.66. The first kappa shape index (κ1) is 23.5. The van der Waals surface area contributed by atoms with Gasteiger partial charge in [-0.2, -0.15) is 21.6 Å². The Kier molecular flexibility index (Phi) is 5.71. The summed E-state index contributed by atoms with van der Waals surface area (Å²) in [5, 5.41) is 0.0671. The fraction of sp³-hybridized carbons (Fsp3) is 0.0500. The van der Waals surface area contributed by atoms with E-state index in [1.54, 1.807) is 0 Å². The van der Waals surface area contributed by atoms with Gasteiger partial charge in [-0.25, -0.2) is 4.79 Å². The number of rotatable bonds is 4. The molecule has 9 nitrogen and oxygen atoms in total. The number of nitrogens with zero attached hydrogens (tertiary/aromatic N) is 1. The molecule has 0 aliphatic carbocycles. The summed E-state index contributed by atoms with van der Waals surface area (Å²) in [6, 6.07) is 11.8. The zero-order chi connectivity index (χ0) is 24.8. The van der Waals surface area contributed by atoms with Crippen LogP contribution < -0.4 is 9.47 Å². The summed E-state index contributed by atoms with van der Waals surface area (Å²) in [6.07, 6.45) is -1.22. The van der Waals surface area contributed by atoms with Crippen molar-refractivity contribution in [3.63, 3.8) is 0 Å². The molecule has 1 heterocycles. The number of hydroxylamine groups is 2. The molecule has 1 aliphatic heterocycles. The van der Waals surface area contributed by atoms with Crippen molar-refractivity contribution >= 4 is 50.5 Å². The molecule has 2 amide bonds. The molecule has 0 saturated carbocycles. The van der Waals surface area contributed by atoms with Crippen molar-refractivity contribution in [2.45, 2.75) is 5.51 Å². The largest absolute Gasteiger partial charge is 0.525 e. The Balaban J connectivity index is 1.69. The molecule has 4 rings (SSSR count). The van der Waals surface area contributed by atoms with Crippen LogP contribution >= 0.6 is 11.6 Å². The van der Waals surface area contributed by atoms with Gasteiger partial charge in [0.25, 0.3) is 11.8 Å². The van der Waals surface area contributed by atoms with Gasteiger partial charge in [0.15, 0.2) is 0 Å². The molecule has 0 unspecified atom stereocenters. The molecule has 1 aliphatic rings. The van der Waals surface area contributed by atoms with Gasteiger partial charge in [0, 0.05) is 10.4 Å². The highest BCUT2D eigenvalue weighted by atomic mass is 35.5. The van der Waals surface area contributed by atoms with Gasteiger partial charge in [-0.15, -0.1) is 9.35 Å². The summed E-state index contributed by atoms with van der Waals surface area (Å²) >= 11 is 5.74. The van der Waals surface area contributed by atoms with Crippen molar-refractivity contribution in [2.75, 3.05) is 0 Å². The van der Waals surface area contributed by atoms with Crippen LogP contribution in [-0.2, 0) is 14.4 Å². The van der Waals surface area contributed by atoms with Gasteiger partial charge in [0.05, 0.1) is 11.1 Å². The van der Waals surface area contributed by atoms with Gasteiger partial charge in [-0.05, 0) is 47.9 Å². The number of amides is 2. The summed E-state index contributed by atoms with van der Waals surface area (Å²) in [6.45, 7) is 0. The number of carbonyl (C=O) groups excluding carboxylic acids is 3. The highest BCUT2D eigenvalue weighted by Gasteiger charge is 2.51. The van der Waals surface area contributed by atoms with Gasteiger partial charge < -0.3 is 9.47 Å². The van der Waals surface area contributed by atoms with Gasteiger partial charge in [-0.1, -0.05) is 23.7 Å². The Morgan fingerprint density at radius 3 is 2.15 bits per heavy atom. The van der Waals surface area contributed by atoms with Crippen molar-refractivity contribution in [1.29, 1.82) is 0 Å². The highest BCUT2D eigenvalue weighted by Crippen LogP contribution is 2.35. The van der Waals surface area contributed by atoms with Crippen LogP contribution in [0.5, 0.6) is 11.5 Å². The van der Waals surface area contributed by atoms with Gasteiger partial charge in [0.2, 0.25) is 0 Å². The number of hydrogen-bond donors (Lipinski definition) is 0. The maximum atomic E-state index is 12.7. The number of ether oxygens (including phenoxy) is 2. The van der Waals surface area contributed by atoms with E-state index in [1.807, 2.05) is 0 Å². The molecule has 0 spiro atoms. The molecule has 0 radical (unpaired) electrons. The van der Waals surface area contributed by atoms with Crippen LogP contribution in [0.3, 0.4) is 0 Å². The van der Waals surface area contributed by atoms with E-state index in [-0.39, 0.29) is 27.8 Å². The van der Waals surface area contributed by atoms with Gasteiger partial charge in [0.1, 0.15) is 11.5 Å². The average molecular weight is 516 g/mol. The van der Waals surface area contributed by atoms with Crippen LogP contribution in [0.2, 0.25) is 5.02 Å². The summed E-state index contributed by atoms with van der Waals surface area (Å²) in [5.41, 5.74) is -6.64. The zero-order valence-electron chi connectivity index (χ0n) is 16.3. The van der Waals surface area contributed by atoms with E-state index in [0.29, 0.717) is 5.02 Å². The highest BCUT2D eigenvalue weighted by molar-refractivity contribution is 7.87. The third kappa shape index (κ3) is 4.27. The topological polar surface area (TPSA) is 116 Å². The number of imide groups is 1. The summed E-state index contributed by atoms with van der Waals surface area (Å²) < 4.78 is 74.8. The van der Waals surface area contributed by atoms with E-state index in [4.69, 9.17) is 21.1 Å². The smallest absolute Gasteiger partial charge is 0.395 e. The van der Waals surface area contributed by atoms with E-state index in [2.05, 4.69) is 4.28 Å². The maximum Gasteiger partial charge on any atom is 0.525 e. The Morgan fingerprint density at radius 1 is 0.882 bits per heavy atom. The normalized spacial score (nSPS) is 13.8. The van der Waals surface area contributed by atoms with E-state index < -0.39 is 44.2 Å². The standard InChI is InChI=1S/C20H9ClF3NO8S/c21-11-4-6-12(7-5-11)31-19(28)32-13-8-10-2-1-3-14-16(10)15(9-13)18(27)25(17(14)26)33-34(29,30)20(22,23)24/h1-9H. The fourth-order valence-electron chi connectivity index (χ4n) is 3.04. The number of halogens is 4. The molecular formula is C20H9ClF3NO8S. The minimum Gasteiger partial charge on any atom is -0.395 e. The fourth-order valence-corrected chi connectivity index (χ4v) is 3.58. The Morgan fingerprint density at radius 2 is 1.50 bits per heavy atom. The molecule has 176 valence electrons. The Hall–Kier alpha value is -3.68. The Labute approximate surface area is 193 Å². The molecule has 3 aromatic carbocycles. The second kappa shape index (κ2) is 8.27. The lowest BCUT2D eigenvalue weighted by atomic mass is 9.95. The van der Waals surface area contributed by atoms with Crippen molar-refractivity contribution in [1.82, 2.24) is 5.06 Å². The van der Waals surface area contributed by atoms with Crippen LogP contribution in [-0.4, -0.2) is 37.0 Å². The summed E-state index contributed by atoms with van der Waals surface area (Å²) in [7, 11) is -6.33. The third-order valence-electron chi connectivity index (χ3n) is 4.45. The van der Waals surface area contributed by atoms with E-state index in [9.17, 15) is 36.0 Å². The van der Waals surface area contributed by atoms with Gasteiger partial charge >= 0.3 is 21.8 Å². The van der Waals surface area contributed by atoms with Gasteiger partial charge in [-0.3, -0.25) is 9.59 Å². The molecular weight excluding hydrogens is 507 g/mol. The molecule has 0 atom stereocenters. The van der Waals surface area contributed by atoms with Crippen LogP contribution in [0.25, 0.3) is 10.8 Å². The number of alkyl halides is 3. The Bertz CT molecular complexity index is 1460. The molecule has 14 heteroatoms. The third-order valence-corrected chi connectivity index (χ3v) is 5.62. The van der Waals surface area contributed by atoms with Crippen molar-refractivity contribution < 1.29 is 49.7 Å². The molecule has 34 heavy (non-hydrogen) atoms. The molecule has 0 fully saturated rings. The van der Waals surface area contributed by atoms with E-state index >= 15 is 0 Å². The van der Waals surface area contributed by atoms with Crippen molar-refractivity contribution in [2.24, 2.45) is 0 Å². The number of carbonyl (C=O) groups is 3. The molecule has 0 N–H and O–H groups in total. The lowest BCUT2D eigenvalue weighted by molar-refractivity contribution is -0.0761. The zero-order valence-corrected chi connectivity index (χ0v) is 17.9. The SMILES string of the molecule is O=C(Oc1ccc(Cl)cc1)Oc1cc2c3c(cccc3c1)C(=O)N(OS(=O)(=O)C(F)(F)F)C2=O. The van der Waals surface area contributed by atoms with Crippen LogP contribution in [0.1, 0.15) is 20.7 Å². The van der Waals surface area contributed by atoms with Crippen molar-refractivity contribution in [3.05, 3.63) is 70.7 Å². The maximum absolute atomic E-state index is 12.7. The van der Waals surface area contributed by atoms with Crippen LogP contribution in [0, 0.1) is 0 Å². The molecule has 0 aromatic heterocycles. The monoisotopic (exact) mass is 515 g/mol. The number of hydrogen-bond acceptors (Lipinski definition) is 8. The minimum atomic E-state index is -6.33. The summed E-state index contributed by atoms with van der Waals surface area (Å²) in [5.74, 6) is -3.14. The van der Waals surface area contributed by atoms with Crippen LogP contribution in [0.15, 0.2) is 54.6 Å². The average Bonchev–Trinajstić information content (AvgIpc) is 2.75. The molecule has 0 saturated heterocycles. The quantitative estimate of drug-likeness (QED) is 0.216. The van der Waals surface area contributed by atoms with Crippen LogP contribution in [0.4, 0.5) is 18.0 Å². The first-order chi connectivity index (χ1) is 15.9. The van der Waals surface area contributed by atoms with E-state index in [0.717, 1.165) is 12.1 Å². The lowest BCUT2D eigenvalue weighted by Gasteiger charge is -2.25. The lowest BCUT2D eigenvalue weighted by Crippen LogP contribution is -2.44. The number of benzene rings is 3. The predicted octanol–water partition coefficient (Wildman–Crippen LogP) is 4.45. The van der Waals surface area contributed by atoms with E-state index in [1.165, 1.54) is 42.5 Å². The predicted molar refractivity (Wildman–Crippen MR) is 109 cm³/mol. The molecule has 3 aromatic rings. The van der Waals surface area contributed by atoms with Crippen molar-refractivity contribution in [3.8, 4) is 11.5 Å². The minimum absolute atomic E-state index is 0.000162. The molecule has 0 bridgehead atoms. The first-order valence-corrected chi connectivity index (χ1v) is 10.8. The summed E-state index contributed by atoms with van der Waals surface area (Å²) in [4.78, 5) is 37.4. The second-order valence-corrected chi connectivity index (χ2v) is 8.62.